The maximum Gasteiger partial charge on any atom is 0.273 e. The fourth-order valence-electron chi connectivity index (χ4n) is 4.47. The van der Waals surface area contributed by atoms with Crippen molar-refractivity contribution in [3.63, 3.8) is 0 Å². The van der Waals surface area contributed by atoms with E-state index in [9.17, 15) is 4.79 Å². The molecular formula is C28H35N3O3. The lowest BCUT2D eigenvalue weighted by Gasteiger charge is -2.28. The van der Waals surface area contributed by atoms with E-state index < -0.39 is 0 Å². The number of aromatic nitrogens is 2. The first-order valence-corrected chi connectivity index (χ1v) is 12.3. The number of nitrogens with one attached hydrogen (secondary N) is 1. The van der Waals surface area contributed by atoms with Gasteiger partial charge in [0.2, 0.25) is 0 Å². The summed E-state index contributed by atoms with van der Waals surface area (Å²) in [6, 6.07) is 14.1. The van der Waals surface area contributed by atoms with Gasteiger partial charge >= 0.3 is 0 Å². The lowest BCUT2D eigenvalue weighted by atomic mass is 9.95. The molecule has 2 aromatic carbocycles. The first-order chi connectivity index (χ1) is 16.4. The maximum absolute atomic E-state index is 13.5. The smallest absolute Gasteiger partial charge is 0.273 e. The Kier molecular flexibility index (Phi) is 7.25. The molecule has 4 rings (SSSR count). The average Bonchev–Trinajstić information content (AvgIpc) is 3.35. The van der Waals surface area contributed by atoms with Crippen molar-refractivity contribution in [1.82, 2.24) is 15.1 Å². The van der Waals surface area contributed by atoms with E-state index in [2.05, 4.69) is 68.2 Å². The Labute approximate surface area is 202 Å². The Balaban J connectivity index is 1.80. The third-order valence-electron chi connectivity index (χ3n) is 6.09. The number of unbranched alkanes of at least 4 members (excludes halogenated alkanes) is 1. The quantitative estimate of drug-likeness (QED) is 0.367. The largest absolute Gasteiger partial charge is 0.490 e. The van der Waals surface area contributed by atoms with Crippen LogP contribution in [-0.2, 0) is 0 Å². The van der Waals surface area contributed by atoms with Gasteiger partial charge in [0.1, 0.15) is 5.69 Å². The number of ether oxygens (including phenoxy) is 2. The van der Waals surface area contributed by atoms with E-state index in [1.54, 1.807) is 0 Å². The van der Waals surface area contributed by atoms with Crippen molar-refractivity contribution in [1.29, 1.82) is 0 Å². The van der Waals surface area contributed by atoms with Gasteiger partial charge in [0.25, 0.3) is 5.91 Å². The highest BCUT2D eigenvalue weighted by Gasteiger charge is 2.42. The fraction of sp³-hybridized carbons (Fsp3) is 0.429. The van der Waals surface area contributed by atoms with E-state index in [1.165, 1.54) is 5.56 Å². The Bertz CT molecular complexity index is 1130. The number of amides is 1. The van der Waals surface area contributed by atoms with Crippen LogP contribution in [0, 0.1) is 12.8 Å². The van der Waals surface area contributed by atoms with Crippen LogP contribution in [0.1, 0.15) is 73.8 Å². The molecule has 3 aromatic rings. The van der Waals surface area contributed by atoms with Gasteiger partial charge < -0.3 is 14.4 Å². The van der Waals surface area contributed by atoms with Crippen molar-refractivity contribution >= 4 is 5.91 Å². The van der Waals surface area contributed by atoms with Crippen LogP contribution in [0.4, 0.5) is 0 Å². The molecule has 1 aliphatic rings. The van der Waals surface area contributed by atoms with Crippen LogP contribution in [0.15, 0.2) is 42.5 Å². The average molecular weight is 462 g/mol. The zero-order valence-electron chi connectivity index (χ0n) is 20.9. The number of rotatable bonds is 10. The van der Waals surface area contributed by atoms with Crippen LogP contribution < -0.4 is 9.47 Å². The number of H-pyrrole nitrogens is 1. The second kappa shape index (κ2) is 10.3. The molecule has 0 spiro atoms. The first kappa shape index (κ1) is 23.9. The third-order valence-corrected chi connectivity index (χ3v) is 6.09. The maximum atomic E-state index is 13.5. The zero-order chi connectivity index (χ0) is 24.2. The molecule has 0 fully saturated rings. The number of benzene rings is 2. The minimum absolute atomic E-state index is 0.0132. The number of aryl methyl sites for hydroxylation is 1. The number of nitrogens with zero attached hydrogens (tertiary/aromatic N) is 2. The molecule has 0 saturated carbocycles. The highest BCUT2D eigenvalue weighted by molar-refractivity contribution is 6.00. The molecule has 1 aromatic heterocycles. The molecule has 2 heterocycles. The number of carbonyl (C=O) groups excluding carboxylic acids is 1. The van der Waals surface area contributed by atoms with Gasteiger partial charge in [0.05, 0.1) is 24.9 Å². The van der Waals surface area contributed by atoms with Gasteiger partial charge in [0.15, 0.2) is 11.5 Å². The molecule has 0 aliphatic carbocycles. The van der Waals surface area contributed by atoms with Crippen molar-refractivity contribution in [2.45, 2.75) is 53.5 Å². The Hall–Kier alpha value is -3.28. The van der Waals surface area contributed by atoms with Crippen molar-refractivity contribution in [3.8, 4) is 22.8 Å². The van der Waals surface area contributed by atoms with Gasteiger partial charge in [-0.2, -0.15) is 5.10 Å². The summed E-state index contributed by atoms with van der Waals surface area (Å²) in [6.45, 7) is 12.3. The zero-order valence-corrected chi connectivity index (χ0v) is 20.9. The molecule has 1 amide bonds. The standard InChI is InChI=1S/C28H35N3O3/c1-6-8-15-34-22-14-13-21(16-23(22)33-7-2)27-24-25(20-11-9-19(5)10-12-20)29-30-26(24)28(32)31(27)17-18(3)4/h9-14,16,18,27H,6-8,15,17H2,1-5H3,(H,29,30). The summed E-state index contributed by atoms with van der Waals surface area (Å²) < 4.78 is 12.0. The molecule has 1 unspecified atom stereocenters. The van der Waals surface area contributed by atoms with Crippen LogP contribution in [0.5, 0.6) is 11.5 Å². The van der Waals surface area contributed by atoms with Crippen LogP contribution in [0.25, 0.3) is 11.3 Å². The van der Waals surface area contributed by atoms with Gasteiger partial charge in [-0.15, -0.1) is 0 Å². The summed E-state index contributed by atoms with van der Waals surface area (Å²) in [5.41, 5.74) is 5.50. The molecule has 34 heavy (non-hydrogen) atoms. The molecule has 1 N–H and O–H groups in total. The number of carbonyl (C=O) groups is 1. The molecule has 1 atom stereocenters. The summed E-state index contributed by atoms with van der Waals surface area (Å²) in [7, 11) is 0. The van der Waals surface area contributed by atoms with E-state index in [0.717, 1.165) is 41.0 Å². The third kappa shape index (κ3) is 4.67. The number of hydrogen-bond acceptors (Lipinski definition) is 4. The van der Waals surface area contributed by atoms with E-state index >= 15 is 0 Å². The molecule has 6 nitrogen and oxygen atoms in total. The summed E-state index contributed by atoms with van der Waals surface area (Å²) in [5, 5.41) is 7.62. The van der Waals surface area contributed by atoms with E-state index in [0.29, 0.717) is 37.1 Å². The normalized spacial score (nSPS) is 15.2. The van der Waals surface area contributed by atoms with Crippen molar-refractivity contribution in [2.75, 3.05) is 19.8 Å². The Morgan fingerprint density at radius 2 is 1.82 bits per heavy atom. The highest BCUT2D eigenvalue weighted by Crippen LogP contribution is 2.45. The Morgan fingerprint density at radius 1 is 1.06 bits per heavy atom. The summed E-state index contributed by atoms with van der Waals surface area (Å²) in [4.78, 5) is 15.4. The minimum atomic E-state index is -0.246. The number of aromatic amines is 1. The Morgan fingerprint density at radius 3 is 2.50 bits per heavy atom. The van der Waals surface area contributed by atoms with Crippen LogP contribution in [-0.4, -0.2) is 40.8 Å². The molecule has 1 aliphatic heterocycles. The predicted molar refractivity (Wildman–Crippen MR) is 134 cm³/mol. The van der Waals surface area contributed by atoms with Gasteiger partial charge in [-0.25, -0.2) is 0 Å². The molecule has 180 valence electrons. The lowest BCUT2D eigenvalue weighted by Crippen LogP contribution is -2.32. The second-order valence-electron chi connectivity index (χ2n) is 9.32. The fourth-order valence-corrected chi connectivity index (χ4v) is 4.47. The molecule has 0 radical (unpaired) electrons. The monoisotopic (exact) mass is 461 g/mol. The summed E-state index contributed by atoms with van der Waals surface area (Å²) in [6.07, 6.45) is 2.06. The highest BCUT2D eigenvalue weighted by atomic mass is 16.5. The van der Waals surface area contributed by atoms with Gasteiger partial charge in [-0.1, -0.05) is 63.1 Å². The van der Waals surface area contributed by atoms with Crippen molar-refractivity contribution in [2.24, 2.45) is 5.92 Å². The predicted octanol–water partition coefficient (Wildman–Crippen LogP) is 6.16. The van der Waals surface area contributed by atoms with Crippen molar-refractivity contribution < 1.29 is 14.3 Å². The summed E-state index contributed by atoms with van der Waals surface area (Å²) >= 11 is 0. The van der Waals surface area contributed by atoms with Crippen LogP contribution >= 0.6 is 0 Å². The van der Waals surface area contributed by atoms with E-state index in [1.807, 2.05) is 24.0 Å². The first-order valence-electron chi connectivity index (χ1n) is 12.3. The minimum Gasteiger partial charge on any atom is -0.490 e. The van der Waals surface area contributed by atoms with E-state index in [4.69, 9.17) is 9.47 Å². The molecule has 6 heteroatoms. The van der Waals surface area contributed by atoms with E-state index in [-0.39, 0.29) is 11.9 Å². The topological polar surface area (TPSA) is 67.5 Å². The van der Waals surface area contributed by atoms with Crippen LogP contribution in [0.2, 0.25) is 0 Å². The molecule has 0 bridgehead atoms. The molecule has 0 saturated heterocycles. The second-order valence-corrected chi connectivity index (χ2v) is 9.32. The van der Waals surface area contributed by atoms with Gasteiger partial charge in [-0.3, -0.25) is 9.89 Å². The summed E-state index contributed by atoms with van der Waals surface area (Å²) in [5.74, 6) is 1.77. The van der Waals surface area contributed by atoms with Crippen LogP contribution in [0.3, 0.4) is 0 Å². The molecular weight excluding hydrogens is 426 g/mol. The SMILES string of the molecule is CCCCOc1ccc(C2c3c(-c4ccc(C)cc4)n[nH]c3C(=O)N2CC(C)C)cc1OCC. The van der Waals surface area contributed by atoms with Gasteiger partial charge in [-0.05, 0) is 43.9 Å². The lowest BCUT2D eigenvalue weighted by molar-refractivity contribution is 0.0722. The van der Waals surface area contributed by atoms with Gasteiger partial charge in [0, 0.05) is 17.7 Å². The number of hydrogen-bond donors (Lipinski definition) is 1. The van der Waals surface area contributed by atoms with Crippen molar-refractivity contribution in [3.05, 3.63) is 64.8 Å². The number of fused-ring (bicyclic) bond motifs is 1.